The highest BCUT2D eigenvalue weighted by Gasteiger charge is 2.27. The molecule has 0 bridgehead atoms. The Hall–Kier alpha value is -3.88. The number of hydrogen-bond donors (Lipinski definition) is 0. The molecule has 130 valence electrons. The van der Waals surface area contributed by atoms with E-state index in [9.17, 15) is 25.0 Å². The highest BCUT2D eigenvalue weighted by atomic mass is 16.6. The van der Waals surface area contributed by atoms with E-state index in [-0.39, 0.29) is 17.2 Å². The topological polar surface area (TPSA) is 125 Å². The lowest BCUT2D eigenvalue weighted by atomic mass is 10.1. The molecule has 1 heterocycles. The number of nitro groups is 2. The molecule has 0 aliphatic carbocycles. The van der Waals surface area contributed by atoms with Crippen LogP contribution in [0.15, 0.2) is 53.2 Å². The molecule has 9 heteroatoms. The average molecular weight is 353 g/mol. The van der Waals surface area contributed by atoms with Gasteiger partial charge in [-0.3, -0.25) is 20.2 Å². The van der Waals surface area contributed by atoms with E-state index < -0.39 is 27.2 Å². The van der Waals surface area contributed by atoms with E-state index in [2.05, 4.69) is 4.99 Å². The van der Waals surface area contributed by atoms with Crippen LogP contribution in [0.25, 0.3) is 6.08 Å². The second kappa shape index (κ2) is 6.55. The summed E-state index contributed by atoms with van der Waals surface area (Å²) in [6, 6.07) is 10.3. The number of non-ortho nitro benzene ring substituents is 1. The number of hydrogen-bond acceptors (Lipinski definition) is 7. The standard InChI is InChI=1S/C17H11N3O6/c1-10-4-2-3-5-13(10)16-18-14(17(21)26-16)8-11-6-7-12(19(22)23)9-15(11)20(24)25/h2-9H,1H3/b14-8-. The summed E-state index contributed by atoms with van der Waals surface area (Å²) in [5.74, 6) is -0.653. The maximum absolute atomic E-state index is 12.0. The van der Waals surface area contributed by atoms with Gasteiger partial charge in [0, 0.05) is 11.6 Å². The summed E-state index contributed by atoms with van der Waals surface area (Å²) in [6.07, 6.45) is 1.18. The van der Waals surface area contributed by atoms with Gasteiger partial charge in [-0.1, -0.05) is 18.2 Å². The van der Waals surface area contributed by atoms with E-state index in [0.29, 0.717) is 5.56 Å². The lowest BCUT2D eigenvalue weighted by molar-refractivity contribution is -0.394. The Morgan fingerprint density at radius 2 is 1.81 bits per heavy atom. The molecule has 26 heavy (non-hydrogen) atoms. The van der Waals surface area contributed by atoms with Crippen molar-refractivity contribution < 1.29 is 19.4 Å². The van der Waals surface area contributed by atoms with E-state index in [1.54, 1.807) is 12.1 Å². The molecule has 2 aromatic carbocycles. The third-order valence-electron chi connectivity index (χ3n) is 3.71. The first-order valence-corrected chi connectivity index (χ1v) is 7.38. The monoisotopic (exact) mass is 353 g/mol. The minimum atomic E-state index is -0.758. The molecule has 0 spiro atoms. The van der Waals surface area contributed by atoms with Gasteiger partial charge in [0.25, 0.3) is 11.4 Å². The minimum absolute atomic E-state index is 0.0160. The van der Waals surface area contributed by atoms with Crippen molar-refractivity contribution in [3.05, 3.63) is 85.1 Å². The summed E-state index contributed by atoms with van der Waals surface area (Å²) in [5, 5.41) is 22.0. The Morgan fingerprint density at radius 1 is 1.08 bits per heavy atom. The predicted molar refractivity (Wildman–Crippen MR) is 91.5 cm³/mol. The number of carbonyl (C=O) groups excluding carboxylic acids is 1. The first-order valence-electron chi connectivity index (χ1n) is 7.38. The fraction of sp³-hybridized carbons (Fsp3) is 0.0588. The zero-order chi connectivity index (χ0) is 18.8. The van der Waals surface area contributed by atoms with Crippen LogP contribution in [0.1, 0.15) is 16.7 Å². The maximum Gasteiger partial charge on any atom is 0.363 e. The fourth-order valence-corrected chi connectivity index (χ4v) is 2.41. The van der Waals surface area contributed by atoms with Crippen LogP contribution < -0.4 is 0 Å². The maximum atomic E-state index is 12.0. The summed E-state index contributed by atoms with van der Waals surface area (Å²) in [6.45, 7) is 1.83. The summed E-state index contributed by atoms with van der Waals surface area (Å²) in [5.41, 5.74) is 0.447. The number of esters is 1. The largest absolute Gasteiger partial charge is 0.402 e. The van der Waals surface area contributed by atoms with Crippen LogP contribution in [0.4, 0.5) is 11.4 Å². The quantitative estimate of drug-likeness (QED) is 0.360. The minimum Gasteiger partial charge on any atom is -0.402 e. The van der Waals surface area contributed by atoms with Crippen molar-refractivity contribution >= 4 is 29.3 Å². The summed E-state index contributed by atoms with van der Waals surface area (Å²) in [7, 11) is 0. The van der Waals surface area contributed by atoms with Crippen LogP contribution in [-0.2, 0) is 9.53 Å². The van der Waals surface area contributed by atoms with Crippen LogP contribution in [0.3, 0.4) is 0 Å². The zero-order valence-corrected chi connectivity index (χ0v) is 13.4. The van der Waals surface area contributed by atoms with Gasteiger partial charge in [-0.25, -0.2) is 9.79 Å². The number of nitrogens with zero attached hydrogens (tertiary/aromatic N) is 3. The van der Waals surface area contributed by atoms with Gasteiger partial charge in [0.15, 0.2) is 5.70 Å². The van der Waals surface area contributed by atoms with Crippen LogP contribution >= 0.6 is 0 Å². The van der Waals surface area contributed by atoms with E-state index in [1.807, 2.05) is 19.1 Å². The molecule has 0 aromatic heterocycles. The number of benzene rings is 2. The number of aliphatic imine (C=N–C) groups is 1. The molecule has 0 unspecified atom stereocenters. The Morgan fingerprint density at radius 3 is 2.46 bits per heavy atom. The Labute approximate surface area is 146 Å². The molecular formula is C17H11N3O6. The molecule has 0 saturated carbocycles. The second-order valence-electron chi connectivity index (χ2n) is 5.41. The van der Waals surface area contributed by atoms with E-state index in [1.165, 1.54) is 12.1 Å². The molecule has 0 fully saturated rings. The highest BCUT2D eigenvalue weighted by molar-refractivity contribution is 6.13. The van der Waals surface area contributed by atoms with E-state index >= 15 is 0 Å². The summed E-state index contributed by atoms with van der Waals surface area (Å²) < 4.78 is 5.14. The van der Waals surface area contributed by atoms with Crippen LogP contribution in [0, 0.1) is 27.2 Å². The van der Waals surface area contributed by atoms with Gasteiger partial charge in [0.05, 0.1) is 21.5 Å². The van der Waals surface area contributed by atoms with Gasteiger partial charge in [0.1, 0.15) is 0 Å². The number of aryl methyl sites for hydroxylation is 1. The van der Waals surface area contributed by atoms with Gasteiger partial charge in [-0.15, -0.1) is 0 Å². The van der Waals surface area contributed by atoms with Crippen LogP contribution in [0.5, 0.6) is 0 Å². The smallest absolute Gasteiger partial charge is 0.363 e. The molecule has 0 atom stereocenters. The molecule has 0 amide bonds. The van der Waals surface area contributed by atoms with Gasteiger partial charge < -0.3 is 4.74 Å². The fourth-order valence-electron chi connectivity index (χ4n) is 2.41. The molecule has 0 radical (unpaired) electrons. The van der Waals surface area contributed by atoms with Crippen molar-refractivity contribution in [1.82, 2.24) is 0 Å². The van der Waals surface area contributed by atoms with Crippen molar-refractivity contribution in [2.75, 3.05) is 0 Å². The Balaban J connectivity index is 2.05. The Bertz CT molecular complexity index is 1010. The normalized spacial score (nSPS) is 14.9. The van der Waals surface area contributed by atoms with Gasteiger partial charge in [-0.2, -0.15) is 0 Å². The van der Waals surface area contributed by atoms with Gasteiger partial charge >= 0.3 is 5.97 Å². The number of ether oxygens (including phenoxy) is 1. The summed E-state index contributed by atoms with van der Waals surface area (Å²) in [4.78, 5) is 36.6. The number of cyclic esters (lactones) is 1. The average Bonchev–Trinajstić information content (AvgIpc) is 2.95. The van der Waals surface area contributed by atoms with Crippen molar-refractivity contribution in [2.24, 2.45) is 4.99 Å². The molecule has 3 rings (SSSR count). The molecular weight excluding hydrogens is 342 g/mol. The number of rotatable bonds is 4. The molecule has 2 aromatic rings. The SMILES string of the molecule is Cc1ccccc1C1=N/C(=C\c2ccc([N+](=O)[O-])cc2[N+](=O)[O-])C(=O)O1. The molecule has 0 N–H and O–H groups in total. The summed E-state index contributed by atoms with van der Waals surface area (Å²) >= 11 is 0. The third kappa shape index (κ3) is 3.18. The molecule has 1 aliphatic heterocycles. The number of carbonyl (C=O) groups is 1. The highest BCUT2D eigenvalue weighted by Crippen LogP contribution is 2.28. The third-order valence-corrected chi connectivity index (χ3v) is 3.71. The van der Waals surface area contributed by atoms with Crippen molar-refractivity contribution in [3.63, 3.8) is 0 Å². The van der Waals surface area contributed by atoms with Crippen molar-refractivity contribution in [1.29, 1.82) is 0 Å². The van der Waals surface area contributed by atoms with E-state index in [0.717, 1.165) is 17.7 Å². The number of nitro benzene ring substituents is 2. The molecule has 0 saturated heterocycles. The van der Waals surface area contributed by atoms with Gasteiger partial charge in [0.2, 0.25) is 5.90 Å². The first kappa shape index (κ1) is 17.0. The Kier molecular flexibility index (Phi) is 4.27. The zero-order valence-electron chi connectivity index (χ0n) is 13.4. The van der Waals surface area contributed by atoms with Crippen molar-refractivity contribution in [3.8, 4) is 0 Å². The van der Waals surface area contributed by atoms with Crippen LogP contribution in [0.2, 0.25) is 0 Å². The lowest BCUT2D eigenvalue weighted by Gasteiger charge is -2.02. The van der Waals surface area contributed by atoms with Crippen LogP contribution in [-0.4, -0.2) is 21.7 Å². The second-order valence-corrected chi connectivity index (χ2v) is 5.41. The van der Waals surface area contributed by atoms with Gasteiger partial charge in [-0.05, 0) is 30.7 Å². The van der Waals surface area contributed by atoms with Crippen molar-refractivity contribution in [2.45, 2.75) is 6.92 Å². The first-order chi connectivity index (χ1) is 12.4. The van der Waals surface area contributed by atoms with E-state index in [4.69, 9.17) is 4.74 Å². The predicted octanol–water partition coefficient (Wildman–Crippen LogP) is 3.16. The molecule has 1 aliphatic rings. The lowest BCUT2D eigenvalue weighted by Crippen LogP contribution is -2.06. The molecule has 9 nitrogen and oxygen atoms in total.